The highest BCUT2D eigenvalue weighted by Crippen LogP contribution is 2.29. The zero-order chi connectivity index (χ0) is 13.2. The first kappa shape index (κ1) is 14.8. The van der Waals surface area contributed by atoms with Crippen molar-refractivity contribution >= 4 is 31.3 Å². The van der Waals surface area contributed by atoms with Gasteiger partial charge in [-0.15, -0.1) is 0 Å². The molecule has 0 fully saturated rings. The fourth-order valence-corrected chi connectivity index (χ4v) is 3.44. The van der Waals surface area contributed by atoms with Crippen molar-refractivity contribution in [1.29, 1.82) is 0 Å². The van der Waals surface area contributed by atoms with Crippen molar-refractivity contribution in [2.45, 2.75) is 45.1 Å². The number of halogens is 2. The molecule has 0 radical (unpaired) electrons. The minimum atomic E-state index is -3.84. The third-order valence-electron chi connectivity index (χ3n) is 2.19. The normalized spacial score (nSPS) is 12.4. The minimum absolute atomic E-state index is 0.0386. The summed E-state index contributed by atoms with van der Waals surface area (Å²) in [5.41, 5.74) is 0.452. The second-order valence-electron chi connectivity index (χ2n) is 4.33. The third kappa shape index (κ3) is 3.60. The zero-order valence-electron chi connectivity index (χ0n) is 10.1. The lowest BCUT2D eigenvalue weighted by Gasteiger charge is -2.05. The maximum atomic E-state index is 11.5. The van der Waals surface area contributed by atoms with Crippen LogP contribution in [0.25, 0.3) is 0 Å². The highest BCUT2D eigenvalue weighted by molar-refractivity contribution is 8.13. The fraction of sp³-hybridized carbons (Fsp3) is 0.700. The summed E-state index contributed by atoms with van der Waals surface area (Å²) in [6.45, 7) is 6.53. The number of aryl methyl sites for hydroxylation is 1. The number of rotatable bonds is 5. The largest absolute Gasteiger partial charge is 0.266 e. The summed E-state index contributed by atoms with van der Waals surface area (Å²) in [6.07, 6.45) is 1.33. The number of hydrogen-bond acceptors (Lipinski definition) is 3. The lowest BCUT2D eigenvalue weighted by atomic mass is 10.2. The van der Waals surface area contributed by atoms with Crippen molar-refractivity contribution in [2.24, 2.45) is 5.92 Å². The molecule has 1 heterocycles. The Bertz CT molecular complexity index is 495. The SMILES string of the molecule is CCCc1nn(CC(C)C)c(Cl)c1S(=O)(=O)Cl. The molecular weight excluding hydrogens is 283 g/mol. The zero-order valence-corrected chi connectivity index (χ0v) is 12.4. The Morgan fingerprint density at radius 3 is 2.41 bits per heavy atom. The van der Waals surface area contributed by atoms with Crippen LogP contribution in [0.2, 0.25) is 5.15 Å². The van der Waals surface area contributed by atoms with E-state index in [1.54, 1.807) is 0 Å². The molecule has 1 aromatic rings. The lowest BCUT2D eigenvalue weighted by Crippen LogP contribution is -2.06. The Morgan fingerprint density at radius 2 is 2.00 bits per heavy atom. The maximum Gasteiger partial charge on any atom is 0.266 e. The molecule has 1 aromatic heterocycles. The van der Waals surface area contributed by atoms with Gasteiger partial charge in [-0.2, -0.15) is 5.10 Å². The summed E-state index contributed by atoms with van der Waals surface area (Å²) in [4.78, 5) is -0.0386. The van der Waals surface area contributed by atoms with Gasteiger partial charge in [-0.1, -0.05) is 38.8 Å². The summed E-state index contributed by atoms with van der Waals surface area (Å²) in [6, 6.07) is 0. The molecule has 0 aliphatic carbocycles. The van der Waals surface area contributed by atoms with Gasteiger partial charge in [0.15, 0.2) is 0 Å². The van der Waals surface area contributed by atoms with Gasteiger partial charge in [0, 0.05) is 17.2 Å². The summed E-state index contributed by atoms with van der Waals surface area (Å²) < 4.78 is 24.5. The predicted octanol–water partition coefficient (Wildman–Crippen LogP) is 3.07. The molecule has 0 atom stereocenters. The molecule has 0 aromatic carbocycles. The monoisotopic (exact) mass is 298 g/mol. The molecule has 4 nitrogen and oxygen atoms in total. The molecule has 0 saturated carbocycles. The van der Waals surface area contributed by atoms with E-state index < -0.39 is 9.05 Å². The molecule has 0 N–H and O–H groups in total. The summed E-state index contributed by atoms with van der Waals surface area (Å²) >= 11 is 6.03. The number of nitrogens with zero attached hydrogens (tertiary/aromatic N) is 2. The first-order valence-corrected chi connectivity index (χ1v) is 8.16. The van der Waals surface area contributed by atoms with Crippen LogP contribution in [-0.4, -0.2) is 18.2 Å². The quantitative estimate of drug-likeness (QED) is 0.785. The Kier molecular flexibility index (Phi) is 4.86. The van der Waals surface area contributed by atoms with E-state index in [0.717, 1.165) is 6.42 Å². The number of aromatic nitrogens is 2. The van der Waals surface area contributed by atoms with Crippen LogP contribution in [0, 0.1) is 5.92 Å². The van der Waals surface area contributed by atoms with Crippen LogP contribution < -0.4 is 0 Å². The Labute approximate surface area is 111 Å². The van der Waals surface area contributed by atoms with Crippen LogP contribution in [0.4, 0.5) is 0 Å². The first-order chi connectivity index (χ1) is 7.77. The van der Waals surface area contributed by atoms with E-state index in [-0.39, 0.29) is 10.0 Å². The van der Waals surface area contributed by atoms with Gasteiger partial charge >= 0.3 is 0 Å². The molecular formula is C10H16Cl2N2O2S. The van der Waals surface area contributed by atoms with Crippen molar-refractivity contribution in [3.05, 3.63) is 10.8 Å². The van der Waals surface area contributed by atoms with Gasteiger partial charge in [-0.3, -0.25) is 4.68 Å². The van der Waals surface area contributed by atoms with E-state index in [1.165, 1.54) is 4.68 Å². The molecule has 0 aliphatic rings. The average molecular weight is 299 g/mol. The Hall–Kier alpha value is -0.260. The van der Waals surface area contributed by atoms with Crippen molar-refractivity contribution in [3.63, 3.8) is 0 Å². The van der Waals surface area contributed by atoms with Crippen LogP contribution in [0.5, 0.6) is 0 Å². The van der Waals surface area contributed by atoms with E-state index >= 15 is 0 Å². The van der Waals surface area contributed by atoms with Crippen molar-refractivity contribution in [3.8, 4) is 0 Å². The van der Waals surface area contributed by atoms with Crippen molar-refractivity contribution in [2.75, 3.05) is 0 Å². The molecule has 0 aliphatic heterocycles. The standard InChI is InChI=1S/C10H16Cl2N2O2S/c1-4-5-8-9(17(12,15)16)10(11)14(13-8)6-7(2)3/h7H,4-6H2,1-3H3. The first-order valence-electron chi connectivity index (χ1n) is 5.47. The molecule has 7 heteroatoms. The van der Waals surface area contributed by atoms with E-state index in [9.17, 15) is 8.42 Å². The van der Waals surface area contributed by atoms with Crippen LogP contribution in [-0.2, 0) is 22.0 Å². The highest BCUT2D eigenvalue weighted by atomic mass is 35.7. The third-order valence-corrected chi connectivity index (χ3v) is 4.06. The molecule has 0 spiro atoms. The molecule has 0 unspecified atom stereocenters. The van der Waals surface area contributed by atoms with Crippen molar-refractivity contribution in [1.82, 2.24) is 9.78 Å². The highest BCUT2D eigenvalue weighted by Gasteiger charge is 2.25. The molecule has 0 amide bonds. The summed E-state index contributed by atoms with van der Waals surface area (Å²) in [7, 11) is 1.54. The average Bonchev–Trinajstić information content (AvgIpc) is 2.41. The van der Waals surface area contributed by atoms with Crippen LogP contribution in [0.1, 0.15) is 32.9 Å². The van der Waals surface area contributed by atoms with Gasteiger partial charge in [0.05, 0.1) is 5.69 Å². The second kappa shape index (κ2) is 5.59. The van der Waals surface area contributed by atoms with Gasteiger partial charge in [0.1, 0.15) is 10.0 Å². The molecule has 1 rings (SSSR count). The lowest BCUT2D eigenvalue weighted by molar-refractivity contribution is 0.479. The summed E-state index contributed by atoms with van der Waals surface area (Å²) in [5.74, 6) is 0.327. The van der Waals surface area contributed by atoms with E-state index in [0.29, 0.717) is 24.6 Å². The van der Waals surface area contributed by atoms with Gasteiger partial charge in [-0.05, 0) is 12.3 Å². The predicted molar refractivity (Wildman–Crippen MR) is 69.1 cm³/mol. The van der Waals surface area contributed by atoms with E-state index in [2.05, 4.69) is 5.10 Å². The second-order valence-corrected chi connectivity index (χ2v) is 7.19. The van der Waals surface area contributed by atoms with E-state index in [1.807, 2.05) is 20.8 Å². The fourth-order valence-electron chi connectivity index (χ4n) is 1.58. The van der Waals surface area contributed by atoms with Gasteiger partial charge in [0.25, 0.3) is 9.05 Å². The van der Waals surface area contributed by atoms with E-state index in [4.69, 9.17) is 22.3 Å². The Balaban J connectivity index is 3.30. The number of hydrogen-bond donors (Lipinski definition) is 0. The molecule has 98 valence electrons. The molecule has 0 saturated heterocycles. The van der Waals surface area contributed by atoms with Gasteiger partial charge in [0.2, 0.25) is 0 Å². The summed E-state index contributed by atoms with van der Waals surface area (Å²) in [5, 5.41) is 4.34. The van der Waals surface area contributed by atoms with Crippen molar-refractivity contribution < 1.29 is 8.42 Å². The van der Waals surface area contributed by atoms with Gasteiger partial charge in [-0.25, -0.2) is 8.42 Å². The molecule has 17 heavy (non-hydrogen) atoms. The maximum absolute atomic E-state index is 11.5. The minimum Gasteiger partial charge on any atom is -0.252 e. The van der Waals surface area contributed by atoms with Crippen LogP contribution in [0.15, 0.2) is 4.90 Å². The Morgan fingerprint density at radius 1 is 1.41 bits per heavy atom. The topological polar surface area (TPSA) is 52.0 Å². The molecule has 0 bridgehead atoms. The van der Waals surface area contributed by atoms with Gasteiger partial charge < -0.3 is 0 Å². The van der Waals surface area contributed by atoms with Crippen LogP contribution >= 0.6 is 22.3 Å². The van der Waals surface area contributed by atoms with Crippen LogP contribution in [0.3, 0.4) is 0 Å². The smallest absolute Gasteiger partial charge is 0.252 e.